The molecule has 0 saturated heterocycles. The van der Waals surface area contributed by atoms with Crippen LogP contribution in [-0.2, 0) is 11.3 Å². The Morgan fingerprint density at radius 3 is 2.76 bits per heavy atom. The quantitative estimate of drug-likeness (QED) is 0.397. The highest BCUT2D eigenvalue weighted by Crippen LogP contribution is 2.30. The van der Waals surface area contributed by atoms with E-state index >= 15 is 0 Å². The van der Waals surface area contributed by atoms with E-state index < -0.39 is 5.82 Å². The van der Waals surface area contributed by atoms with E-state index in [9.17, 15) is 9.18 Å². The summed E-state index contributed by atoms with van der Waals surface area (Å²) < 4.78 is 21.1. The van der Waals surface area contributed by atoms with Gasteiger partial charge in [0.25, 0.3) is 0 Å². The Morgan fingerprint density at radius 1 is 1.28 bits per heavy atom. The highest BCUT2D eigenvalue weighted by molar-refractivity contribution is 6.31. The van der Waals surface area contributed by atoms with E-state index in [4.69, 9.17) is 27.9 Å². The van der Waals surface area contributed by atoms with Crippen LogP contribution >= 0.6 is 23.2 Å². The second-order valence-corrected chi connectivity index (χ2v) is 7.70. The predicted molar refractivity (Wildman–Crippen MR) is 114 cm³/mol. The lowest BCUT2D eigenvalue weighted by Crippen LogP contribution is -2.33. The number of halogens is 3. The Bertz CT molecular complexity index is 1020. The molecule has 0 bridgehead atoms. The molecule has 0 saturated carbocycles. The fourth-order valence-electron chi connectivity index (χ4n) is 2.97. The lowest BCUT2D eigenvalue weighted by Gasteiger charge is -2.12. The van der Waals surface area contributed by atoms with Crippen LogP contribution in [0.4, 0.5) is 4.39 Å². The third-order valence-electron chi connectivity index (χ3n) is 4.20. The number of benzene rings is 2. The van der Waals surface area contributed by atoms with Gasteiger partial charge in [-0.05, 0) is 50.6 Å². The Balaban J connectivity index is 2.04. The fraction of sp³-hybridized carbons (Fsp3) is 0.333. The Kier molecular flexibility index (Phi) is 6.98. The zero-order valence-corrected chi connectivity index (χ0v) is 17.7. The number of nitrogens with one attached hydrogen (secondary N) is 1. The SMILES string of the molecule is CC(C)NC(=O)Cn1c(-c2ccc(F)c(Cl)c2)nc2cc(OCCCCl)ccc21. The van der Waals surface area contributed by atoms with E-state index in [0.29, 0.717) is 35.1 Å². The number of aromatic nitrogens is 2. The van der Waals surface area contributed by atoms with Crippen molar-refractivity contribution in [2.45, 2.75) is 32.9 Å². The van der Waals surface area contributed by atoms with Gasteiger partial charge in [-0.25, -0.2) is 9.37 Å². The summed E-state index contributed by atoms with van der Waals surface area (Å²) >= 11 is 11.7. The van der Waals surface area contributed by atoms with Crippen molar-refractivity contribution in [2.75, 3.05) is 12.5 Å². The van der Waals surface area contributed by atoms with E-state index in [1.54, 1.807) is 10.6 Å². The van der Waals surface area contributed by atoms with Crippen LogP contribution in [0.1, 0.15) is 20.3 Å². The van der Waals surface area contributed by atoms with Gasteiger partial charge in [-0.2, -0.15) is 0 Å². The number of hydrogen-bond donors (Lipinski definition) is 1. The second kappa shape index (κ2) is 9.46. The molecule has 5 nitrogen and oxygen atoms in total. The highest BCUT2D eigenvalue weighted by Gasteiger charge is 2.17. The first kappa shape index (κ1) is 21.4. The molecular formula is C21H22Cl2FN3O2. The Morgan fingerprint density at radius 2 is 2.07 bits per heavy atom. The monoisotopic (exact) mass is 437 g/mol. The maximum atomic E-state index is 13.6. The molecule has 0 aliphatic rings. The van der Waals surface area contributed by atoms with Crippen molar-refractivity contribution in [1.82, 2.24) is 14.9 Å². The number of carbonyl (C=O) groups is 1. The third-order valence-corrected chi connectivity index (χ3v) is 4.75. The molecule has 0 unspecified atom stereocenters. The molecule has 2 aromatic carbocycles. The number of alkyl halides is 1. The van der Waals surface area contributed by atoms with Crippen LogP contribution in [0.5, 0.6) is 5.75 Å². The normalized spacial score (nSPS) is 11.2. The van der Waals surface area contributed by atoms with E-state index in [1.807, 2.05) is 32.0 Å². The van der Waals surface area contributed by atoms with Crippen LogP contribution in [0.15, 0.2) is 36.4 Å². The third kappa shape index (κ3) is 5.19. The summed E-state index contributed by atoms with van der Waals surface area (Å²) in [7, 11) is 0. The second-order valence-electron chi connectivity index (χ2n) is 6.91. The van der Waals surface area contributed by atoms with Crippen molar-refractivity contribution in [1.29, 1.82) is 0 Å². The molecule has 1 aromatic heterocycles. The molecule has 0 radical (unpaired) electrons. The standard InChI is InChI=1S/C21H22Cl2FN3O2/c1-13(2)25-20(28)12-27-19-7-5-15(29-9-3-8-22)11-18(19)26-21(27)14-4-6-17(24)16(23)10-14/h4-7,10-11,13H,3,8-9,12H2,1-2H3,(H,25,28). The molecule has 8 heteroatoms. The summed E-state index contributed by atoms with van der Waals surface area (Å²) in [5, 5.41) is 2.88. The largest absolute Gasteiger partial charge is 0.493 e. The summed E-state index contributed by atoms with van der Waals surface area (Å²) in [6.07, 6.45) is 0.739. The van der Waals surface area contributed by atoms with E-state index in [0.717, 1.165) is 11.9 Å². The van der Waals surface area contributed by atoms with Gasteiger partial charge >= 0.3 is 0 Å². The van der Waals surface area contributed by atoms with E-state index in [1.165, 1.54) is 12.1 Å². The van der Waals surface area contributed by atoms with Gasteiger partial charge in [0, 0.05) is 23.6 Å². The fourth-order valence-corrected chi connectivity index (χ4v) is 3.26. The van der Waals surface area contributed by atoms with Crippen molar-refractivity contribution in [2.24, 2.45) is 0 Å². The van der Waals surface area contributed by atoms with Gasteiger partial charge in [-0.15, -0.1) is 11.6 Å². The molecule has 1 amide bonds. The minimum absolute atomic E-state index is 0.00200. The number of imidazole rings is 1. The van der Waals surface area contributed by atoms with E-state index in [2.05, 4.69) is 10.3 Å². The molecule has 154 valence electrons. The molecule has 0 aliphatic heterocycles. The zero-order valence-electron chi connectivity index (χ0n) is 16.2. The number of ether oxygens (including phenoxy) is 1. The zero-order chi connectivity index (χ0) is 21.0. The summed E-state index contributed by atoms with van der Waals surface area (Å²) in [6.45, 7) is 4.38. The van der Waals surface area contributed by atoms with Crippen LogP contribution in [0.2, 0.25) is 5.02 Å². The molecular weight excluding hydrogens is 416 g/mol. The number of amides is 1. The minimum atomic E-state index is -0.509. The Hall–Kier alpha value is -2.31. The maximum Gasteiger partial charge on any atom is 0.240 e. The van der Waals surface area contributed by atoms with Gasteiger partial charge in [0.1, 0.15) is 23.9 Å². The molecule has 29 heavy (non-hydrogen) atoms. The van der Waals surface area contributed by atoms with Gasteiger partial charge in [-0.3, -0.25) is 4.79 Å². The number of rotatable bonds is 8. The molecule has 0 atom stereocenters. The number of carbonyl (C=O) groups excluding carboxylic acids is 1. The molecule has 3 rings (SSSR count). The predicted octanol–water partition coefficient (Wildman–Crippen LogP) is 5.03. The number of nitrogens with zero attached hydrogens (tertiary/aromatic N) is 2. The van der Waals surface area contributed by atoms with Gasteiger partial charge in [0.05, 0.1) is 22.7 Å². The van der Waals surface area contributed by atoms with Crippen LogP contribution in [0.3, 0.4) is 0 Å². The molecule has 0 spiro atoms. The van der Waals surface area contributed by atoms with E-state index in [-0.39, 0.29) is 23.5 Å². The molecule has 1 N–H and O–H groups in total. The first-order chi connectivity index (χ1) is 13.9. The first-order valence-electron chi connectivity index (χ1n) is 9.33. The summed E-state index contributed by atoms with van der Waals surface area (Å²) in [6, 6.07) is 9.91. The van der Waals surface area contributed by atoms with Crippen LogP contribution in [-0.4, -0.2) is 34.0 Å². The Labute approximate surface area is 178 Å². The van der Waals surface area contributed by atoms with Crippen LogP contribution in [0, 0.1) is 5.82 Å². The average Bonchev–Trinajstić information content (AvgIpc) is 3.01. The van der Waals surface area contributed by atoms with Crippen molar-refractivity contribution < 1.29 is 13.9 Å². The van der Waals surface area contributed by atoms with Gasteiger partial charge < -0.3 is 14.6 Å². The van der Waals surface area contributed by atoms with Crippen molar-refractivity contribution in [3.63, 3.8) is 0 Å². The van der Waals surface area contributed by atoms with Crippen molar-refractivity contribution in [3.8, 4) is 17.1 Å². The van der Waals surface area contributed by atoms with Crippen LogP contribution < -0.4 is 10.1 Å². The summed E-state index contributed by atoms with van der Waals surface area (Å²) in [5.74, 6) is 1.07. The highest BCUT2D eigenvalue weighted by atomic mass is 35.5. The van der Waals surface area contributed by atoms with Crippen LogP contribution in [0.25, 0.3) is 22.4 Å². The smallest absolute Gasteiger partial charge is 0.240 e. The lowest BCUT2D eigenvalue weighted by atomic mass is 10.2. The van der Waals surface area contributed by atoms with Gasteiger partial charge in [0.2, 0.25) is 5.91 Å². The molecule has 1 heterocycles. The lowest BCUT2D eigenvalue weighted by molar-refractivity contribution is -0.122. The average molecular weight is 438 g/mol. The number of fused-ring (bicyclic) bond motifs is 1. The summed E-state index contributed by atoms with van der Waals surface area (Å²) in [4.78, 5) is 17.1. The topological polar surface area (TPSA) is 56.2 Å². The van der Waals surface area contributed by atoms with Gasteiger partial charge in [-0.1, -0.05) is 11.6 Å². The minimum Gasteiger partial charge on any atom is -0.493 e. The summed E-state index contributed by atoms with van der Waals surface area (Å²) in [5.41, 5.74) is 2.06. The maximum absolute atomic E-state index is 13.6. The molecule has 3 aromatic rings. The van der Waals surface area contributed by atoms with Crippen molar-refractivity contribution >= 4 is 40.1 Å². The van der Waals surface area contributed by atoms with Crippen molar-refractivity contribution in [3.05, 3.63) is 47.2 Å². The molecule has 0 fully saturated rings. The first-order valence-corrected chi connectivity index (χ1v) is 10.2. The number of hydrogen-bond acceptors (Lipinski definition) is 3. The van der Waals surface area contributed by atoms with Gasteiger partial charge in [0.15, 0.2) is 0 Å². The molecule has 0 aliphatic carbocycles.